The lowest BCUT2D eigenvalue weighted by Crippen LogP contribution is -2.34. The molecule has 0 aliphatic heterocycles. The lowest BCUT2D eigenvalue weighted by atomic mass is 10.1. The molecule has 0 spiro atoms. The van der Waals surface area contributed by atoms with Gasteiger partial charge in [0, 0.05) is 23.2 Å². The Morgan fingerprint density at radius 1 is 1.23 bits per heavy atom. The van der Waals surface area contributed by atoms with Crippen LogP contribution in [-0.2, 0) is 16.9 Å². The van der Waals surface area contributed by atoms with Crippen molar-refractivity contribution >= 4 is 28.2 Å². The molecule has 1 aromatic carbocycles. The molecule has 0 fully saturated rings. The molecule has 0 aliphatic rings. The van der Waals surface area contributed by atoms with E-state index < -0.39 is 21.9 Å². The van der Waals surface area contributed by atoms with Crippen LogP contribution in [0.2, 0.25) is 0 Å². The highest BCUT2D eigenvalue weighted by molar-refractivity contribution is 5.90. The fourth-order valence-corrected chi connectivity index (χ4v) is 3.14. The average Bonchev–Trinajstić information content (AvgIpc) is 3.10. The van der Waals surface area contributed by atoms with E-state index in [4.69, 9.17) is 0 Å². The fourth-order valence-electron chi connectivity index (χ4n) is 3.14. The number of hydrogen-bond acceptors (Lipinski definition) is 6. The van der Waals surface area contributed by atoms with Crippen LogP contribution in [0.1, 0.15) is 46.2 Å². The van der Waals surface area contributed by atoms with E-state index in [2.05, 4.69) is 15.5 Å². The second-order valence-electron chi connectivity index (χ2n) is 8.34. The van der Waals surface area contributed by atoms with Crippen molar-refractivity contribution in [1.82, 2.24) is 19.6 Å². The number of non-ortho nitro benzene ring substituents is 1. The summed E-state index contributed by atoms with van der Waals surface area (Å²) in [6, 6.07) is 5.46. The number of hydrogen-bond donors (Lipinski definition) is 1. The summed E-state index contributed by atoms with van der Waals surface area (Å²) in [6.07, 6.45) is 1.64. The average molecular weight is 412 g/mol. The topological polar surface area (TPSA) is 125 Å². The monoisotopic (exact) mass is 412 g/mol. The number of nitro groups is 1. The molecule has 0 atom stereocenters. The summed E-state index contributed by atoms with van der Waals surface area (Å²) in [5.74, 6) is -0.441. The van der Waals surface area contributed by atoms with Gasteiger partial charge in [-0.25, -0.2) is 4.68 Å². The van der Waals surface area contributed by atoms with E-state index in [9.17, 15) is 19.7 Å². The number of rotatable bonds is 5. The van der Waals surface area contributed by atoms with Crippen molar-refractivity contribution in [3.63, 3.8) is 0 Å². The predicted molar refractivity (Wildman–Crippen MR) is 113 cm³/mol. The van der Waals surface area contributed by atoms with Gasteiger partial charge >= 0.3 is 0 Å². The third kappa shape index (κ3) is 4.07. The number of benzene rings is 1. The molecule has 0 unspecified atom stereocenters. The number of nitrogens with one attached hydrogen (secondary N) is 1. The summed E-state index contributed by atoms with van der Waals surface area (Å²) in [5.41, 5.74) is 0.583. The molecule has 10 heteroatoms. The molecule has 0 bridgehead atoms. The summed E-state index contributed by atoms with van der Waals surface area (Å²) in [6.45, 7) is 9.46. The third-order valence-corrected chi connectivity index (χ3v) is 4.55. The second kappa shape index (κ2) is 7.69. The largest absolute Gasteiger partial charge is 0.324 e. The Morgan fingerprint density at radius 3 is 2.40 bits per heavy atom. The van der Waals surface area contributed by atoms with Crippen molar-refractivity contribution in [2.24, 2.45) is 0 Å². The first-order chi connectivity index (χ1) is 14.0. The molecule has 1 N–H and O–H groups in total. The molecule has 0 radical (unpaired) electrons. The minimum absolute atomic E-state index is 0.0229. The summed E-state index contributed by atoms with van der Waals surface area (Å²) >= 11 is 0. The van der Waals surface area contributed by atoms with Crippen molar-refractivity contribution in [3.05, 3.63) is 56.6 Å². The molecule has 0 aliphatic carbocycles. The van der Waals surface area contributed by atoms with E-state index in [1.807, 2.05) is 34.6 Å². The first kappa shape index (κ1) is 21.2. The van der Waals surface area contributed by atoms with Crippen LogP contribution in [0.5, 0.6) is 0 Å². The normalized spacial score (nSPS) is 11.8. The zero-order valence-electron chi connectivity index (χ0n) is 17.5. The van der Waals surface area contributed by atoms with Crippen LogP contribution in [0.3, 0.4) is 0 Å². The van der Waals surface area contributed by atoms with Crippen LogP contribution in [0.4, 0.5) is 11.4 Å². The summed E-state index contributed by atoms with van der Waals surface area (Å²) in [4.78, 5) is 35.9. The Kier molecular flexibility index (Phi) is 5.43. The van der Waals surface area contributed by atoms with Gasteiger partial charge in [0.05, 0.1) is 22.4 Å². The first-order valence-electron chi connectivity index (χ1n) is 9.52. The number of nitro benzene ring substituents is 1. The molecule has 0 saturated carbocycles. The number of amides is 1. The maximum absolute atomic E-state index is 13.1. The molecule has 30 heavy (non-hydrogen) atoms. The fraction of sp³-hybridized carbons (Fsp3) is 0.400. The van der Waals surface area contributed by atoms with E-state index in [1.165, 1.54) is 24.3 Å². The van der Waals surface area contributed by atoms with Crippen molar-refractivity contribution in [2.75, 3.05) is 5.32 Å². The van der Waals surface area contributed by atoms with Crippen LogP contribution in [0.25, 0.3) is 10.9 Å². The Hall–Kier alpha value is -3.56. The van der Waals surface area contributed by atoms with E-state index in [-0.39, 0.29) is 18.2 Å². The van der Waals surface area contributed by atoms with Crippen LogP contribution in [-0.4, -0.2) is 30.4 Å². The van der Waals surface area contributed by atoms with Crippen molar-refractivity contribution < 1.29 is 9.72 Å². The Bertz CT molecular complexity index is 1170. The molecule has 10 nitrogen and oxygen atoms in total. The van der Waals surface area contributed by atoms with Gasteiger partial charge in [-0.3, -0.25) is 24.4 Å². The summed E-state index contributed by atoms with van der Waals surface area (Å²) in [5, 5.41) is 22.9. The lowest BCUT2D eigenvalue weighted by Gasteiger charge is -2.21. The minimum atomic E-state index is -0.518. The van der Waals surface area contributed by atoms with Gasteiger partial charge in [0.2, 0.25) is 5.91 Å². The molecule has 0 saturated heterocycles. The number of carbonyl (C=O) groups is 1. The van der Waals surface area contributed by atoms with E-state index in [0.717, 1.165) is 4.68 Å². The van der Waals surface area contributed by atoms with Gasteiger partial charge < -0.3 is 5.32 Å². The van der Waals surface area contributed by atoms with Gasteiger partial charge in [0.1, 0.15) is 12.1 Å². The third-order valence-electron chi connectivity index (χ3n) is 4.55. The predicted octanol–water partition coefficient (Wildman–Crippen LogP) is 3.02. The quantitative estimate of drug-likeness (QED) is 0.507. The highest BCUT2D eigenvalue weighted by Gasteiger charge is 2.24. The molecule has 2 heterocycles. The SMILES string of the molecule is CC(C)c1nn(CC(=O)Nc2ccc([N+](=O)[O-])cc2)c(=O)c2c1cnn2C(C)(C)C. The number of anilines is 1. The lowest BCUT2D eigenvalue weighted by molar-refractivity contribution is -0.384. The molecule has 3 aromatic rings. The highest BCUT2D eigenvalue weighted by atomic mass is 16.6. The zero-order valence-corrected chi connectivity index (χ0v) is 17.5. The van der Waals surface area contributed by atoms with E-state index in [0.29, 0.717) is 22.3 Å². The number of carbonyl (C=O) groups excluding carboxylic acids is 1. The standard InChI is InChI=1S/C20H24N6O4/c1-12(2)17-15-10-21-25(20(3,4)5)18(15)19(28)24(23-17)11-16(27)22-13-6-8-14(9-7-13)26(29)30/h6-10,12H,11H2,1-5H3,(H,22,27). The van der Waals surface area contributed by atoms with Crippen LogP contribution in [0.15, 0.2) is 35.3 Å². The van der Waals surface area contributed by atoms with E-state index in [1.54, 1.807) is 10.9 Å². The Morgan fingerprint density at radius 2 is 1.87 bits per heavy atom. The number of nitrogens with zero attached hydrogens (tertiary/aromatic N) is 5. The summed E-state index contributed by atoms with van der Waals surface area (Å²) in [7, 11) is 0. The van der Waals surface area contributed by atoms with Crippen molar-refractivity contribution in [3.8, 4) is 0 Å². The molecular weight excluding hydrogens is 388 g/mol. The first-order valence-corrected chi connectivity index (χ1v) is 9.52. The van der Waals surface area contributed by atoms with Gasteiger partial charge in [-0.15, -0.1) is 0 Å². The van der Waals surface area contributed by atoms with Gasteiger partial charge in [-0.2, -0.15) is 10.2 Å². The smallest absolute Gasteiger partial charge is 0.293 e. The maximum Gasteiger partial charge on any atom is 0.293 e. The Labute approximate surface area is 172 Å². The van der Waals surface area contributed by atoms with Crippen LogP contribution >= 0.6 is 0 Å². The van der Waals surface area contributed by atoms with Crippen molar-refractivity contribution in [2.45, 2.75) is 52.6 Å². The van der Waals surface area contributed by atoms with Crippen molar-refractivity contribution in [1.29, 1.82) is 0 Å². The molecule has 3 rings (SSSR count). The van der Waals surface area contributed by atoms with Gasteiger partial charge in [0.25, 0.3) is 11.2 Å². The summed E-state index contributed by atoms with van der Waals surface area (Å²) < 4.78 is 2.80. The zero-order chi connectivity index (χ0) is 22.2. The Balaban J connectivity index is 1.97. The highest BCUT2D eigenvalue weighted by Crippen LogP contribution is 2.24. The van der Waals surface area contributed by atoms with Gasteiger partial charge in [0.15, 0.2) is 0 Å². The second-order valence-corrected chi connectivity index (χ2v) is 8.34. The molecular formula is C20H24N6O4. The minimum Gasteiger partial charge on any atom is -0.324 e. The van der Waals surface area contributed by atoms with Crippen LogP contribution < -0.4 is 10.9 Å². The van der Waals surface area contributed by atoms with Gasteiger partial charge in [-0.05, 0) is 38.8 Å². The maximum atomic E-state index is 13.1. The molecule has 2 aromatic heterocycles. The van der Waals surface area contributed by atoms with E-state index >= 15 is 0 Å². The number of fused-ring (bicyclic) bond motifs is 1. The van der Waals surface area contributed by atoms with Gasteiger partial charge in [-0.1, -0.05) is 13.8 Å². The van der Waals surface area contributed by atoms with Crippen LogP contribution in [0, 0.1) is 10.1 Å². The number of aromatic nitrogens is 4. The molecule has 158 valence electrons. The molecule has 1 amide bonds.